The maximum Gasteiger partial charge on any atom is 0.309 e. The van der Waals surface area contributed by atoms with E-state index in [-0.39, 0.29) is 24.2 Å². The molecule has 6 nitrogen and oxygen atoms in total. The van der Waals surface area contributed by atoms with Gasteiger partial charge < -0.3 is 14.4 Å². The molecule has 0 spiro atoms. The number of halogens is 2. The van der Waals surface area contributed by atoms with E-state index in [1.54, 1.807) is 17.0 Å². The van der Waals surface area contributed by atoms with Gasteiger partial charge in [-0.3, -0.25) is 14.4 Å². The summed E-state index contributed by atoms with van der Waals surface area (Å²) in [5.74, 6) is -1.36. The zero-order valence-electron chi connectivity index (χ0n) is 16.4. The molecule has 0 atom stereocenters. The summed E-state index contributed by atoms with van der Waals surface area (Å²) >= 11 is 6.01. The summed E-state index contributed by atoms with van der Waals surface area (Å²) in [5, 5.41) is 0.299. The first-order chi connectivity index (χ1) is 14.4. The fraction of sp³-hybridized carbons (Fsp3) is 0.318. The van der Waals surface area contributed by atoms with Gasteiger partial charge in [0.15, 0.2) is 12.4 Å². The maximum absolute atomic E-state index is 13.0. The second-order valence-corrected chi connectivity index (χ2v) is 7.36. The Morgan fingerprint density at radius 1 is 1.07 bits per heavy atom. The van der Waals surface area contributed by atoms with E-state index in [1.165, 1.54) is 37.4 Å². The number of nitrogens with zero attached hydrogens (tertiary/aromatic N) is 1. The Bertz CT molecular complexity index is 939. The summed E-state index contributed by atoms with van der Waals surface area (Å²) in [5.41, 5.74) is 0.731. The Morgan fingerprint density at radius 2 is 1.70 bits per heavy atom. The summed E-state index contributed by atoms with van der Waals surface area (Å²) in [6, 6.07) is 9.96. The van der Waals surface area contributed by atoms with Gasteiger partial charge in [-0.25, -0.2) is 4.39 Å². The van der Waals surface area contributed by atoms with E-state index in [4.69, 9.17) is 21.1 Å². The number of hydrogen-bond donors (Lipinski definition) is 0. The van der Waals surface area contributed by atoms with Crippen LogP contribution in [-0.2, 0) is 9.53 Å². The molecule has 0 saturated carbocycles. The van der Waals surface area contributed by atoms with Crippen molar-refractivity contribution in [2.75, 3.05) is 26.8 Å². The lowest BCUT2D eigenvalue weighted by Crippen LogP contribution is -2.40. The monoisotopic (exact) mass is 433 g/mol. The van der Waals surface area contributed by atoms with Gasteiger partial charge in [0.25, 0.3) is 5.91 Å². The molecule has 8 heteroatoms. The zero-order chi connectivity index (χ0) is 21.7. The van der Waals surface area contributed by atoms with Crippen LogP contribution in [0.15, 0.2) is 42.5 Å². The van der Waals surface area contributed by atoms with E-state index in [0.29, 0.717) is 47.8 Å². The molecule has 1 aliphatic heterocycles. The van der Waals surface area contributed by atoms with E-state index in [2.05, 4.69) is 0 Å². The summed E-state index contributed by atoms with van der Waals surface area (Å²) in [6.07, 6.45) is 0.878. The van der Waals surface area contributed by atoms with Crippen LogP contribution in [0.5, 0.6) is 5.75 Å². The number of likely N-dealkylation sites (tertiary alicyclic amines) is 1. The minimum absolute atomic E-state index is 0.201. The lowest BCUT2D eigenvalue weighted by molar-refractivity contribution is -0.148. The molecule has 1 heterocycles. The average Bonchev–Trinajstić information content (AvgIpc) is 2.77. The predicted octanol–water partition coefficient (Wildman–Crippen LogP) is 3.77. The Morgan fingerprint density at radius 3 is 2.30 bits per heavy atom. The number of ether oxygens (including phenoxy) is 2. The van der Waals surface area contributed by atoms with Gasteiger partial charge in [-0.1, -0.05) is 11.6 Å². The molecule has 3 rings (SSSR count). The largest absolute Gasteiger partial charge is 0.495 e. The van der Waals surface area contributed by atoms with Crippen molar-refractivity contribution in [3.63, 3.8) is 0 Å². The SMILES string of the molecule is COc1ccc(C(=O)COC(=O)C2CCN(C(=O)c3ccc(F)cc3)CC2)cc1Cl. The molecule has 1 amide bonds. The fourth-order valence-electron chi connectivity index (χ4n) is 3.27. The van der Waals surface area contributed by atoms with Crippen LogP contribution in [0.4, 0.5) is 4.39 Å². The Balaban J connectivity index is 1.48. The molecule has 1 saturated heterocycles. The Kier molecular flexibility index (Phi) is 7.05. The molecule has 2 aromatic carbocycles. The van der Waals surface area contributed by atoms with Crippen molar-refractivity contribution in [2.45, 2.75) is 12.8 Å². The molecule has 158 valence electrons. The summed E-state index contributed by atoms with van der Waals surface area (Å²) in [6.45, 7) is 0.395. The van der Waals surface area contributed by atoms with Gasteiger partial charge >= 0.3 is 5.97 Å². The van der Waals surface area contributed by atoms with Crippen molar-refractivity contribution in [3.8, 4) is 5.75 Å². The van der Waals surface area contributed by atoms with Gasteiger partial charge in [-0.15, -0.1) is 0 Å². The zero-order valence-corrected chi connectivity index (χ0v) is 17.2. The number of rotatable bonds is 6. The van der Waals surface area contributed by atoms with Crippen molar-refractivity contribution in [2.24, 2.45) is 5.92 Å². The molecule has 1 fully saturated rings. The predicted molar refractivity (Wildman–Crippen MR) is 108 cm³/mol. The van der Waals surface area contributed by atoms with Gasteiger partial charge in [0, 0.05) is 24.2 Å². The standard InChI is InChI=1S/C22H21ClFNO5/c1-29-20-7-4-16(12-18(20)23)19(26)13-30-22(28)15-8-10-25(11-9-15)21(27)14-2-5-17(24)6-3-14/h2-7,12,15H,8-11,13H2,1H3. The number of esters is 1. The third-order valence-electron chi connectivity index (χ3n) is 5.03. The summed E-state index contributed by atoms with van der Waals surface area (Å²) < 4.78 is 23.2. The van der Waals surface area contributed by atoms with Gasteiger partial charge in [-0.2, -0.15) is 0 Å². The maximum atomic E-state index is 13.0. The molecule has 1 aliphatic rings. The Labute approximate surface area is 178 Å². The minimum Gasteiger partial charge on any atom is -0.495 e. The van der Waals surface area contributed by atoms with Crippen LogP contribution < -0.4 is 4.74 Å². The highest BCUT2D eigenvalue weighted by molar-refractivity contribution is 6.32. The third-order valence-corrected chi connectivity index (χ3v) is 5.32. The van der Waals surface area contributed by atoms with Crippen molar-refractivity contribution >= 4 is 29.3 Å². The van der Waals surface area contributed by atoms with Crippen molar-refractivity contribution in [3.05, 3.63) is 64.4 Å². The first kappa shape index (κ1) is 21.8. The van der Waals surface area contributed by atoms with E-state index in [0.717, 1.165) is 0 Å². The highest BCUT2D eigenvalue weighted by Crippen LogP contribution is 2.25. The van der Waals surface area contributed by atoms with Crippen LogP contribution >= 0.6 is 11.6 Å². The molecule has 0 radical (unpaired) electrons. The molecule has 30 heavy (non-hydrogen) atoms. The lowest BCUT2D eigenvalue weighted by Gasteiger charge is -2.31. The first-order valence-electron chi connectivity index (χ1n) is 9.47. The van der Waals surface area contributed by atoms with Gasteiger partial charge in [0.1, 0.15) is 11.6 Å². The van der Waals surface area contributed by atoms with E-state index in [9.17, 15) is 18.8 Å². The van der Waals surface area contributed by atoms with Crippen LogP contribution in [-0.4, -0.2) is 49.4 Å². The number of Topliss-reactive ketones (excluding diaryl/α,β-unsaturated/α-hetero) is 1. The van der Waals surface area contributed by atoms with Crippen LogP contribution in [0.25, 0.3) is 0 Å². The van der Waals surface area contributed by atoms with E-state index < -0.39 is 11.8 Å². The number of carbonyl (C=O) groups excluding carboxylic acids is 3. The summed E-state index contributed by atoms with van der Waals surface area (Å²) in [7, 11) is 1.48. The van der Waals surface area contributed by atoms with E-state index >= 15 is 0 Å². The number of benzene rings is 2. The number of amides is 1. The average molecular weight is 434 g/mol. The second-order valence-electron chi connectivity index (χ2n) is 6.95. The van der Waals surface area contributed by atoms with Crippen LogP contribution in [0, 0.1) is 11.7 Å². The molecule has 0 unspecified atom stereocenters. The topological polar surface area (TPSA) is 72.9 Å². The van der Waals surface area contributed by atoms with Gasteiger partial charge in [0.2, 0.25) is 0 Å². The normalized spacial score (nSPS) is 14.3. The molecule has 2 aromatic rings. The fourth-order valence-corrected chi connectivity index (χ4v) is 3.53. The van der Waals surface area contributed by atoms with Crippen molar-refractivity contribution < 1.29 is 28.2 Å². The minimum atomic E-state index is -0.461. The van der Waals surface area contributed by atoms with Crippen LogP contribution in [0.1, 0.15) is 33.6 Å². The number of ketones is 1. The molecular weight excluding hydrogens is 413 g/mol. The Hall–Kier alpha value is -2.93. The van der Waals surface area contributed by atoms with Crippen molar-refractivity contribution in [1.82, 2.24) is 4.90 Å². The number of carbonyl (C=O) groups is 3. The highest BCUT2D eigenvalue weighted by atomic mass is 35.5. The second kappa shape index (κ2) is 9.71. The lowest BCUT2D eigenvalue weighted by atomic mass is 9.96. The van der Waals surface area contributed by atoms with Crippen molar-refractivity contribution in [1.29, 1.82) is 0 Å². The molecule has 0 bridgehead atoms. The molecular formula is C22H21ClFNO5. The number of hydrogen-bond acceptors (Lipinski definition) is 5. The molecule has 0 N–H and O–H groups in total. The number of piperidine rings is 1. The number of methoxy groups -OCH3 is 1. The first-order valence-corrected chi connectivity index (χ1v) is 9.85. The van der Waals surface area contributed by atoms with E-state index in [1.807, 2.05) is 0 Å². The van der Waals surface area contributed by atoms with Gasteiger partial charge in [0.05, 0.1) is 18.1 Å². The highest BCUT2D eigenvalue weighted by Gasteiger charge is 2.29. The smallest absolute Gasteiger partial charge is 0.309 e. The van der Waals surface area contributed by atoms with Crippen LogP contribution in [0.2, 0.25) is 5.02 Å². The molecule has 0 aromatic heterocycles. The summed E-state index contributed by atoms with van der Waals surface area (Å²) in [4.78, 5) is 38.7. The third kappa shape index (κ3) is 5.16. The molecule has 0 aliphatic carbocycles. The van der Waals surface area contributed by atoms with Crippen LogP contribution in [0.3, 0.4) is 0 Å². The van der Waals surface area contributed by atoms with Gasteiger partial charge in [-0.05, 0) is 55.3 Å². The quantitative estimate of drug-likeness (QED) is 0.512.